The van der Waals surface area contributed by atoms with Crippen LogP contribution in [0.2, 0.25) is 0 Å². The van der Waals surface area contributed by atoms with E-state index < -0.39 is 42.3 Å². The number of halogens is 4. The van der Waals surface area contributed by atoms with Crippen molar-refractivity contribution in [3.63, 3.8) is 0 Å². The Bertz CT molecular complexity index is 1010. The number of carbonyl (C=O) groups excluding carboxylic acids is 2. The lowest BCUT2D eigenvalue weighted by Gasteiger charge is -2.17. The highest BCUT2D eigenvalue weighted by molar-refractivity contribution is 6.40. The Balaban J connectivity index is 1.66. The van der Waals surface area contributed by atoms with Crippen LogP contribution < -0.4 is 10.6 Å². The molecule has 3 aromatic rings. The maximum atomic E-state index is 13.4. The van der Waals surface area contributed by atoms with Gasteiger partial charge in [0.05, 0.1) is 17.1 Å². The second-order valence-electron chi connectivity index (χ2n) is 6.03. The lowest BCUT2D eigenvalue weighted by molar-refractivity contribution is -0.136. The average molecular weight is 393 g/mol. The highest BCUT2D eigenvalue weighted by Crippen LogP contribution is 2.25. The number of aromatic nitrogens is 1. The third kappa shape index (κ3) is 4.13. The third-order valence-corrected chi connectivity index (χ3v) is 4.19. The number of nitrogens with one attached hydrogen (secondary N) is 3. The number of alkyl halides is 2. The van der Waals surface area contributed by atoms with Crippen LogP contribution in [-0.2, 0) is 9.59 Å². The van der Waals surface area contributed by atoms with Crippen molar-refractivity contribution >= 4 is 28.4 Å². The maximum Gasteiger partial charge on any atom is 0.313 e. The minimum Gasteiger partial charge on any atom is -0.359 e. The van der Waals surface area contributed by atoms with Gasteiger partial charge in [-0.1, -0.05) is 30.3 Å². The molecule has 0 aliphatic heterocycles. The van der Waals surface area contributed by atoms with Crippen LogP contribution in [0, 0.1) is 11.6 Å². The van der Waals surface area contributed by atoms with Gasteiger partial charge in [0.15, 0.2) is 11.6 Å². The summed E-state index contributed by atoms with van der Waals surface area (Å²) in [6.45, 7) is -0.443. The minimum atomic E-state index is -2.74. The van der Waals surface area contributed by atoms with Crippen LogP contribution in [0.25, 0.3) is 10.9 Å². The van der Waals surface area contributed by atoms with E-state index in [1.54, 1.807) is 18.2 Å². The average Bonchev–Trinajstić information content (AvgIpc) is 3.04. The van der Waals surface area contributed by atoms with Gasteiger partial charge in [-0.05, 0) is 11.6 Å². The Morgan fingerprint density at radius 3 is 2.36 bits per heavy atom. The van der Waals surface area contributed by atoms with Crippen molar-refractivity contribution in [2.24, 2.45) is 0 Å². The zero-order valence-corrected chi connectivity index (χ0v) is 14.3. The van der Waals surface area contributed by atoms with Crippen molar-refractivity contribution in [1.29, 1.82) is 0 Å². The molecule has 1 aromatic heterocycles. The summed E-state index contributed by atoms with van der Waals surface area (Å²) >= 11 is 0. The molecule has 2 amide bonds. The van der Waals surface area contributed by atoms with Gasteiger partial charge in [0.25, 0.3) is 0 Å². The van der Waals surface area contributed by atoms with E-state index >= 15 is 0 Å². The standard InChI is InChI=1S/C19H15F4N3O2/c20-13-6-11-15(7-14(13)21)24-9-16(11)26-19(28)18(27)25-8-12(17(22)23)10-4-2-1-3-5-10/h1-7,9,12,17,24H,8H2,(H,25,27)(H,26,28). The fourth-order valence-electron chi connectivity index (χ4n) is 2.73. The van der Waals surface area contributed by atoms with Gasteiger partial charge in [-0.15, -0.1) is 0 Å². The monoisotopic (exact) mass is 393 g/mol. The predicted octanol–water partition coefficient (Wildman–Crippen LogP) is 3.55. The number of benzene rings is 2. The van der Waals surface area contributed by atoms with Crippen LogP contribution in [-0.4, -0.2) is 29.8 Å². The molecule has 0 fully saturated rings. The lowest BCUT2D eigenvalue weighted by atomic mass is 10.00. The number of fused-ring (bicyclic) bond motifs is 1. The van der Waals surface area contributed by atoms with Crippen LogP contribution in [0.1, 0.15) is 11.5 Å². The molecule has 1 heterocycles. The van der Waals surface area contributed by atoms with Gasteiger partial charge >= 0.3 is 11.8 Å². The van der Waals surface area contributed by atoms with Crippen molar-refractivity contribution < 1.29 is 27.2 Å². The number of rotatable bonds is 5. The number of carbonyl (C=O) groups is 2. The summed E-state index contributed by atoms with van der Waals surface area (Å²) in [6.07, 6.45) is -1.47. The molecule has 0 spiro atoms. The van der Waals surface area contributed by atoms with E-state index in [0.29, 0.717) is 5.56 Å². The summed E-state index contributed by atoms with van der Waals surface area (Å²) in [5.74, 6) is -5.70. The molecule has 3 N–H and O–H groups in total. The smallest absolute Gasteiger partial charge is 0.313 e. The molecule has 3 rings (SSSR count). The Morgan fingerprint density at radius 2 is 1.68 bits per heavy atom. The summed E-state index contributed by atoms with van der Waals surface area (Å²) in [4.78, 5) is 26.6. The fraction of sp³-hybridized carbons (Fsp3) is 0.158. The molecular weight excluding hydrogens is 378 g/mol. The van der Waals surface area contributed by atoms with Gasteiger partial charge in [0, 0.05) is 24.2 Å². The Labute approximate surface area is 156 Å². The summed E-state index contributed by atoms with van der Waals surface area (Å²) in [7, 11) is 0. The second kappa shape index (κ2) is 8.12. The van der Waals surface area contributed by atoms with Gasteiger partial charge in [-0.25, -0.2) is 17.6 Å². The summed E-state index contributed by atoms with van der Waals surface area (Å²) in [5, 5.41) is 4.58. The molecule has 146 valence electrons. The number of anilines is 1. The van der Waals surface area contributed by atoms with Gasteiger partial charge in [0.1, 0.15) is 0 Å². The highest BCUT2D eigenvalue weighted by Gasteiger charge is 2.24. The first-order chi connectivity index (χ1) is 13.4. The van der Waals surface area contributed by atoms with E-state index in [4.69, 9.17) is 0 Å². The van der Waals surface area contributed by atoms with Crippen molar-refractivity contribution in [3.8, 4) is 0 Å². The van der Waals surface area contributed by atoms with Gasteiger partial charge in [-0.2, -0.15) is 0 Å². The molecule has 9 heteroatoms. The molecule has 0 bridgehead atoms. The molecule has 5 nitrogen and oxygen atoms in total. The first kappa shape index (κ1) is 19.4. The van der Waals surface area contributed by atoms with Gasteiger partial charge < -0.3 is 15.6 Å². The second-order valence-corrected chi connectivity index (χ2v) is 6.03. The van der Waals surface area contributed by atoms with Crippen LogP contribution in [0.3, 0.4) is 0 Å². The largest absolute Gasteiger partial charge is 0.359 e. The molecule has 0 saturated heterocycles. The molecular formula is C19H15F4N3O2. The number of amides is 2. The zero-order valence-electron chi connectivity index (χ0n) is 14.3. The zero-order chi connectivity index (χ0) is 20.3. The van der Waals surface area contributed by atoms with E-state index in [1.807, 2.05) is 0 Å². The normalized spacial score (nSPS) is 12.2. The van der Waals surface area contributed by atoms with E-state index in [2.05, 4.69) is 15.6 Å². The maximum absolute atomic E-state index is 13.4. The fourth-order valence-corrected chi connectivity index (χ4v) is 2.73. The Morgan fingerprint density at radius 1 is 1.00 bits per heavy atom. The molecule has 1 atom stereocenters. The first-order valence-electron chi connectivity index (χ1n) is 8.25. The topological polar surface area (TPSA) is 74.0 Å². The number of hydrogen-bond donors (Lipinski definition) is 3. The number of H-pyrrole nitrogens is 1. The van der Waals surface area contributed by atoms with Crippen LogP contribution >= 0.6 is 0 Å². The van der Waals surface area contributed by atoms with Gasteiger partial charge in [0.2, 0.25) is 6.43 Å². The Kier molecular flexibility index (Phi) is 5.62. The number of aromatic amines is 1. The van der Waals surface area contributed by atoms with Crippen molar-refractivity contribution in [2.75, 3.05) is 11.9 Å². The molecule has 28 heavy (non-hydrogen) atoms. The lowest BCUT2D eigenvalue weighted by Crippen LogP contribution is -2.38. The van der Waals surface area contributed by atoms with E-state index in [0.717, 1.165) is 12.1 Å². The Hall–Kier alpha value is -3.36. The first-order valence-corrected chi connectivity index (χ1v) is 8.25. The van der Waals surface area contributed by atoms with Gasteiger partial charge in [-0.3, -0.25) is 9.59 Å². The molecule has 2 aromatic carbocycles. The third-order valence-electron chi connectivity index (χ3n) is 4.19. The molecule has 0 saturated carbocycles. The predicted molar refractivity (Wildman–Crippen MR) is 95.0 cm³/mol. The van der Waals surface area contributed by atoms with Crippen molar-refractivity contribution in [3.05, 3.63) is 65.9 Å². The highest BCUT2D eigenvalue weighted by atomic mass is 19.3. The van der Waals surface area contributed by atoms with E-state index in [-0.39, 0.29) is 16.6 Å². The summed E-state index contributed by atoms with van der Waals surface area (Å²) < 4.78 is 53.1. The summed E-state index contributed by atoms with van der Waals surface area (Å²) in [5.41, 5.74) is 0.603. The SMILES string of the molecule is O=C(NCC(c1ccccc1)C(F)F)C(=O)Nc1c[nH]c2cc(F)c(F)cc12. The van der Waals surface area contributed by atoms with Crippen molar-refractivity contribution in [1.82, 2.24) is 10.3 Å². The summed E-state index contributed by atoms with van der Waals surface area (Å²) in [6, 6.07) is 9.65. The number of hydrogen-bond acceptors (Lipinski definition) is 2. The minimum absolute atomic E-state index is 0.0579. The molecule has 0 aliphatic carbocycles. The van der Waals surface area contributed by atoms with Crippen LogP contribution in [0.15, 0.2) is 48.7 Å². The van der Waals surface area contributed by atoms with Crippen molar-refractivity contribution in [2.45, 2.75) is 12.3 Å². The molecule has 0 aliphatic rings. The van der Waals surface area contributed by atoms with Crippen LogP contribution in [0.5, 0.6) is 0 Å². The van der Waals surface area contributed by atoms with Crippen LogP contribution in [0.4, 0.5) is 23.2 Å². The van der Waals surface area contributed by atoms with E-state index in [9.17, 15) is 27.2 Å². The molecule has 1 unspecified atom stereocenters. The quantitative estimate of drug-likeness (QED) is 0.458. The van der Waals surface area contributed by atoms with E-state index in [1.165, 1.54) is 18.3 Å². The molecule has 0 radical (unpaired) electrons.